The van der Waals surface area contributed by atoms with Gasteiger partial charge in [0.25, 0.3) is 0 Å². The van der Waals surface area contributed by atoms with E-state index in [9.17, 15) is 9.90 Å². The quantitative estimate of drug-likeness (QED) is 0.205. The summed E-state index contributed by atoms with van der Waals surface area (Å²) in [5, 5.41) is 9.85. The van der Waals surface area contributed by atoms with Gasteiger partial charge in [-0.15, -0.1) is 0 Å². The van der Waals surface area contributed by atoms with Crippen LogP contribution in [0, 0.1) is 0 Å². The maximum atomic E-state index is 12.3. The van der Waals surface area contributed by atoms with E-state index in [1.54, 1.807) is 19.2 Å². The van der Waals surface area contributed by atoms with Crippen molar-refractivity contribution in [2.24, 2.45) is 0 Å². The Bertz CT molecular complexity index is 525. The van der Waals surface area contributed by atoms with Crippen LogP contribution in [0.2, 0.25) is 0 Å². The molecule has 1 aromatic rings. The van der Waals surface area contributed by atoms with Gasteiger partial charge in [-0.25, -0.2) is 0 Å². The van der Waals surface area contributed by atoms with Crippen LogP contribution in [0.25, 0.3) is 0 Å². The van der Waals surface area contributed by atoms with E-state index in [0.29, 0.717) is 17.7 Å². The van der Waals surface area contributed by atoms with Crippen LogP contribution in [0.5, 0.6) is 11.5 Å². The Hall–Kier alpha value is -1.51. The molecule has 0 saturated heterocycles. The molecule has 0 aliphatic rings. The van der Waals surface area contributed by atoms with Gasteiger partial charge >= 0.3 is 0 Å². The number of hydrogen-bond acceptors (Lipinski definition) is 3. The lowest BCUT2D eigenvalue weighted by Crippen LogP contribution is -2.00. The van der Waals surface area contributed by atoms with Crippen LogP contribution in [0.3, 0.4) is 0 Å². The van der Waals surface area contributed by atoms with E-state index in [2.05, 4.69) is 6.92 Å². The van der Waals surface area contributed by atoms with E-state index in [0.717, 1.165) is 12.8 Å². The van der Waals surface area contributed by atoms with E-state index < -0.39 is 0 Å². The molecule has 0 radical (unpaired) electrons. The Morgan fingerprint density at radius 2 is 1.25 bits per heavy atom. The summed E-state index contributed by atoms with van der Waals surface area (Å²) in [4.78, 5) is 12.3. The fraction of sp³-hybridized carbons (Fsp3) is 0.720. The van der Waals surface area contributed by atoms with E-state index in [4.69, 9.17) is 4.74 Å². The molecule has 160 valence electrons. The molecule has 0 unspecified atom stereocenters. The molecular weight excluding hydrogens is 348 g/mol. The standard InChI is InChI=1S/C25H42O3/c1-3-4-5-6-7-8-9-10-11-12-13-14-15-16-17-18-24(26)23-21-22(28-2)19-20-25(23)27/h19-21,27H,3-18H2,1-2H3. The normalized spacial score (nSPS) is 10.9. The molecule has 0 heterocycles. The first kappa shape index (κ1) is 24.5. The number of phenolic OH excluding ortho intramolecular Hbond substituents is 1. The van der Waals surface area contributed by atoms with Gasteiger partial charge in [-0.3, -0.25) is 4.79 Å². The Balaban J connectivity index is 1.93. The van der Waals surface area contributed by atoms with Gasteiger partial charge in [0.2, 0.25) is 0 Å². The monoisotopic (exact) mass is 390 g/mol. The number of carbonyl (C=O) groups excluding carboxylic acids is 1. The first-order valence-corrected chi connectivity index (χ1v) is 11.6. The topological polar surface area (TPSA) is 46.5 Å². The third-order valence-corrected chi connectivity index (χ3v) is 5.51. The van der Waals surface area contributed by atoms with E-state index in [1.807, 2.05) is 0 Å². The average Bonchev–Trinajstić information content (AvgIpc) is 2.71. The van der Waals surface area contributed by atoms with E-state index in [1.165, 1.54) is 89.5 Å². The highest BCUT2D eigenvalue weighted by Gasteiger charge is 2.12. The molecule has 0 aromatic heterocycles. The number of carbonyl (C=O) groups is 1. The smallest absolute Gasteiger partial charge is 0.166 e. The number of unbranched alkanes of at least 4 members (excludes halogenated alkanes) is 14. The van der Waals surface area contributed by atoms with Crippen LogP contribution >= 0.6 is 0 Å². The zero-order valence-electron chi connectivity index (χ0n) is 18.3. The SMILES string of the molecule is CCCCCCCCCCCCCCCCCC(=O)c1cc(OC)ccc1O. The van der Waals surface area contributed by atoms with Gasteiger partial charge in [0, 0.05) is 6.42 Å². The highest BCUT2D eigenvalue weighted by molar-refractivity contribution is 5.98. The fourth-order valence-electron chi connectivity index (χ4n) is 3.66. The summed E-state index contributed by atoms with van der Waals surface area (Å²) in [5.74, 6) is 0.662. The number of Topliss-reactive ketones (excluding diaryl/α,β-unsaturated/α-hetero) is 1. The second kappa shape index (κ2) is 16.4. The minimum absolute atomic E-state index is 0.00564. The molecule has 0 aliphatic heterocycles. The number of aromatic hydroxyl groups is 1. The van der Waals surface area contributed by atoms with E-state index in [-0.39, 0.29) is 11.5 Å². The Labute approximate surface area is 172 Å². The van der Waals surface area contributed by atoms with Crippen LogP contribution in [-0.4, -0.2) is 18.0 Å². The number of ketones is 1. The van der Waals surface area contributed by atoms with Gasteiger partial charge in [0.1, 0.15) is 11.5 Å². The summed E-state index contributed by atoms with van der Waals surface area (Å²) in [5.41, 5.74) is 0.379. The summed E-state index contributed by atoms with van der Waals surface area (Å²) in [6.07, 6.45) is 20.2. The molecule has 0 atom stereocenters. The van der Waals surface area contributed by atoms with Crippen molar-refractivity contribution in [3.63, 3.8) is 0 Å². The van der Waals surface area contributed by atoms with Crippen molar-refractivity contribution in [1.82, 2.24) is 0 Å². The Morgan fingerprint density at radius 3 is 1.71 bits per heavy atom. The minimum atomic E-state index is 0.00564. The van der Waals surface area contributed by atoms with Crippen molar-refractivity contribution in [3.8, 4) is 11.5 Å². The van der Waals surface area contributed by atoms with Crippen molar-refractivity contribution in [2.45, 2.75) is 110 Å². The molecule has 1 N–H and O–H groups in total. The van der Waals surface area contributed by atoms with Gasteiger partial charge in [-0.2, -0.15) is 0 Å². The van der Waals surface area contributed by atoms with Crippen LogP contribution in [0.4, 0.5) is 0 Å². The Kier molecular flexibility index (Phi) is 14.4. The minimum Gasteiger partial charge on any atom is -0.507 e. The molecule has 0 fully saturated rings. The van der Waals surface area contributed by atoms with Gasteiger partial charge in [-0.1, -0.05) is 96.8 Å². The predicted octanol–water partition coefficient (Wildman–Crippen LogP) is 7.85. The summed E-state index contributed by atoms with van der Waals surface area (Å²) >= 11 is 0. The molecular formula is C25H42O3. The maximum absolute atomic E-state index is 12.3. The summed E-state index contributed by atoms with van der Waals surface area (Å²) < 4.78 is 5.13. The van der Waals surface area contributed by atoms with Gasteiger partial charge in [0.05, 0.1) is 12.7 Å². The zero-order chi connectivity index (χ0) is 20.5. The summed E-state index contributed by atoms with van der Waals surface area (Å²) in [6.45, 7) is 2.27. The first-order chi connectivity index (χ1) is 13.7. The molecule has 0 saturated carbocycles. The number of hydrogen-bond donors (Lipinski definition) is 1. The molecule has 0 aliphatic carbocycles. The zero-order valence-corrected chi connectivity index (χ0v) is 18.3. The van der Waals surface area contributed by atoms with Gasteiger partial charge < -0.3 is 9.84 Å². The van der Waals surface area contributed by atoms with Crippen molar-refractivity contribution < 1.29 is 14.6 Å². The summed E-state index contributed by atoms with van der Waals surface area (Å²) in [7, 11) is 1.56. The average molecular weight is 391 g/mol. The lowest BCUT2D eigenvalue weighted by Gasteiger charge is -2.07. The molecule has 1 rings (SSSR count). The molecule has 3 nitrogen and oxygen atoms in total. The second-order valence-electron chi connectivity index (χ2n) is 8.01. The van der Waals surface area contributed by atoms with Crippen LogP contribution in [-0.2, 0) is 0 Å². The molecule has 3 heteroatoms. The van der Waals surface area contributed by atoms with Crippen molar-refractivity contribution >= 4 is 5.78 Å². The van der Waals surface area contributed by atoms with Crippen LogP contribution < -0.4 is 4.74 Å². The molecule has 0 amide bonds. The highest BCUT2D eigenvalue weighted by atomic mass is 16.5. The fourth-order valence-corrected chi connectivity index (χ4v) is 3.66. The Morgan fingerprint density at radius 1 is 0.786 bits per heavy atom. The summed E-state index contributed by atoms with van der Waals surface area (Å²) in [6, 6.07) is 4.82. The number of benzene rings is 1. The van der Waals surface area contributed by atoms with Crippen LogP contribution in [0.15, 0.2) is 18.2 Å². The molecule has 0 spiro atoms. The van der Waals surface area contributed by atoms with Crippen molar-refractivity contribution in [3.05, 3.63) is 23.8 Å². The molecule has 28 heavy (non-hydrogen) atoms. The maximum Gasteiger partial charge on any atom is 0.166 e. The number of rotatable bonds is 18. The largest absolute Gasteiger partial charge is 0.507 e. The lowest BCUT2D eigenvalue weighted by molar-refractivity contribution is 0.0976. The molecule has 0 bridgehead atoms. The van der Waals surface area contributed by atoms with Crippen molar-refractivity contribution in [1.29, 1.82) is 0 Å². The third-order valence-electron chi connectivity index (χ3n) is 5.51. The lowest BCUT2D eigenvalue weighted by atomic mass is 10.0. The highest BCUT2D eigenvalue weighted by Crippen LogP contribution is 2.25. The first-order valence-electron chi connectivity index (χ1n) is 11.6. The predicted molar refractivity (Wildman–Crippen MR) is 119 cm³/mol. The number of phenols is 1. The number of ether oxygens (including phenoxy) is 1. The number of methoxy groups -OCH3 is 1. The van der Waals surface area contributed by atoms with Gasteiger partial charge in [0.15, 0.2) is 5.78 Å². The van der Waals surface area contributed by atoms with E-state index >= 15 is 0 Å². The van der Waals surface area contributed by atoms with Crippen LogP contribution in [0.1, 0.15) is 120 Å². The second-order valence-corrected chi connectivity index (χ2v) is 8.01. The van der Waals surface area contributed by atoms with Gasteiger partial charge in [-0.05, 0) is 24.6 Å². The molecule has 1 aromatic carbocycles. The van der Waals surface area contributed by atoms with Crippen molar-refractivity contribution in [2.75, 3.05) is 7.11 Å². The third kappa shape index (κ3) is 11.4.